The molecule has 13 heteroatoms. The van der Waals surface area contributed by atoms with Gasteiger partial charge in [-0.25, -0.2) is 0 Å². The summed E-state index contributed by atoms with van der Waals surface area (Å²) in [6.45, 7) is 10.6. The topological polar surface area (TPSA) is 88.1 Å². The summed E-state index contributed by atoms with van der Waals surface area (Å²) < 4.78 is 103. The summed E-state index contributed by atoms with van der Waals surface area (Å²) in [5.41, 5.74) is -8.92. The number of carbonyl (C=O) groups excluding carboxylic acids is 1. The third kappa shape index (κ3) is 7.99. The SMILES string of the molecule is CC(C)OP(=O)(OC(C)C)C(F)(F)CCC(=O)C(F)(F)P(=O)(OC(C)C)OC(C)C. The molecule has 0 bridgehead atoms. The van der Waals surface area contributed by atoms with Gasteiger partial charge in [0.05, 0.1) is 24.4 Å². The van der Waals surface area contributed by atoms with E-state index in [9.17, 15) is 31.5 Å². The van der Waals surface area contributed by atoms with Crippen LogP contribution in [0.5, 0.6) is 0 Å². The van der Waals surface area contributed by atoms with Crippen LogP contribution in [-0.2, 0) is 32.0 Å². The first-order valence-corrected chi connectivity index (χ1v) is 12.6. The normalized spacial score (nSPS) is 14.4. The van der Waals surface area contributed by atoms with Crippen molar-refractivity contribution < 1.29 is 49.6 Å². The molecule has 0 radical (unpaired) electrons. The maximum Gasteiger partial charge on any atom is 0.408 e. The van der Waals surface area contributed by atoms with Crippen LogP contribution >= 0.6 is 15.2 Å². The monoisotopic (exact) mass is 486 g/mol. The van der Waals surface area contributed by atoms with Gasteiger partial charge in [-0.15, -0.1) is 0 Å². The van der Waals surface area contributed by atoms with E-state index >= 15 is 0 Å². The van der Waals surface area contributed by atoms with Gasteiger partial charge in [0, 0.05) is 12.8 Å². The Balaban J connectivity index is 5.69. The highest BCUT2D eigenvalue weighted by molar-refractivity contribution is 7.56. The van der Waals surface area contributed by atoms with Gasteiger partial charge in [0.2, 0.25) is 5.78 Å². The highest BCUT2D eigenvalue weighted by atomic mass is 31.2. The van der Waals surface area contributed by atoms with Crippen molar-refractivity contribution in [1.82, 2.24) is 0 Å². The molecule has 7 nitrogen and oxygen atoms in total. The number of Topliss-reactive ketones (excluding diaryl/α,β-unsaturated/α-hetero) is 1. The lowest BCUT2D eigenvalue weighted by atomic mass is 10.2. The molecule has 0 aromatic heterocycles. The molecule has 0 fully saturated rings. The third-order valence-electron chi connectivity index (χ3n) is 3.13. The van der Waals surface area contributed by atoms with Gasteiger partial charge in [0.1, 0.15) is 0 Å². The van der Waals surface area contributed by atoms with E-state index < -0.39 is 69.6 Å². The molecule has 0 aromatic rings. The molecule has 0 saturated carbocycles. The number of rotatable bonds is 14. The van der Waals surface area contributed by atoms with E-state index in [0.717, 1.165) is 0 Å². The maximum atomic E-state index is 14.6. The molecule has 0 aliphatic heterocycles. The number of carbonyl (C=O) groups is 1. The summed E-state index contributed by atoms with van der Waals surface area (Å²) in [4.78, 5) is 12.1. The van der Waals surface area contributed by atoms with Gasteiger partial charge in [-0.2, -0.15) is 17.6 Å². The van der Waals surface area contributed by atoms with Crippen LogP contribution in [0.15, 0.2) is 0 Å². The number of alkyl halides is 4. The fourth-order valence-corrected chi connectivity index (χ4v) is 5.85. The smallest absolute Gasteiger partial charge is 0.302 e. The lowest BCUT2D eigenvalue weighted by molar-refractivity contribution is -0.137. The molecule has 0 aliphatic rings. The summed E-state index contributed by atoms with van der Waals surface area (Å²) in [6, 6.07) is 0. The van der Waals surface area contributed by atoms with Gasteiger partial charge in [-0.1, -0.05) is 0 Å². The molecular formula is C17H32F4O7P2. The Kier molecular flexibility index (Phi) is 10.9. The zero-order valence-corrected chi connectivity index (χ0v) is 20.3. The molecule has 0 aliphatic carbocycles. The van der Waals surface area contributed by atoms with Crippen LogP contribution in [0.25, 0.3) is 0 Å². The van der Waals surface area contributed by atoms with Crippen molar-refractivity contribution in [2.24, 2.45) is 0 Å². The van der Waals surface area contributed by atoms with Crippen LogP contribution in [-0.4, -0.2) is 41.5 Å². The lowest BCUT2D eigenvalue weighted by Gasteiger charge is -2.30. The quantitative estimate of drug-likeness (QED) is 0.202. The summed E-state index contributed by atoms with van der Waals surface area (Å²) in [7, 11) is -10.4. The molecule has 0 heterocycles. The van der Waals surface area contributed by atoms with Crippen molar-refractivity contribution in [3.05, 3.63) is 0 Å². The Labute approximate surface area is 175 Å². The van der Waals surface area contributed by atoms with E-state index in [1.54, 1.807) is 0 Å². The van der Waals surface area contributed by atoms with Crippen molar-refractivity contribution in [2.75, 3.05) is 0 Å². The molecule has 0 rings (SSSR count). The Morgan fingerprint density at radius 3 is 1.30 bits per heavy atom. The van der Waals surface area contributed by atoms with E-state index in [4.69, 9.17) is 18.1 Å². The highest BCUT2D eigenvalue weighted by Crippen LogP contribution is 2.67. The predicted octanol–water partition coefficient (Wildman–Crippen LogP) is 6.61. The summed E-state index contributed by atoms with van der Waals surface area (Å²) in [5, 5.41) is 0. The van der Waals surface area contributed by atoms with Gasteiger partial charge >= 0.3 is 26.5 Å². The maximum absolute atomic E-state index is 14.6. The zero-order chi connectivity index (χ0) is 24.1. The Bertz CT molecular complexity index is 638. The molecule has 0 spiro atoms. The van der Waals surface area contributed by atoms with Crippen molar-refractivity contribution in [1.29, 1.82) is 0 Å². The first-order valence-electron chi connectivity index (χ1n) is 9.52. The Morgan fingerprint density at radius 1 is 0.700 bits per heavy atom. The van der Waals surface area contributed by atoms with Gasteiger partial charge in [0.25, 0.3) is 0 Å². The minimum Gasteiger partial charge on any atom is -0.302 e. The fourth-order valence-electron chi connectivity index (χ4n) is 2.15. The second-order valence-electron chi connectivity index (χ2n) is 7.74. The van der Waals surface area contributed by atoms with Gasteiger partial charge < -0.3 is 18.1 Å². The number of hydrogen-bond acceptors (Lipinski definition) is 7. The third-order valence-corrected chi connectivity index (χ3v) is 7.89. The average molecular weight is 486 g/mol. The Morgan fingerprint density at radius 2 is 1.00 bits per heavy atom. The standard InChI is InChI=1S/C17H32F4O7P2/c1-11(2)25-29(23,26-12(3)4)16(18,19)10-9-15(22)17(20,21)30(24,27-13(5)6)28-14(7)8/h11-14H,9-10H2,1-8H3. The van der Waals surface area contributed by atoms with Crippen molar-refractivity contribution in [3.63, 3.8) is 0 Å². The highest BCUT2D eigenvalue weighted by Gasteiger charge is 2.61. The largest absolute Gasteiger partial charge is 0.408 e. The van der Waals surface area contributed by atoms with E-state index in [-0.39, 0.29) is 0 Å². The van der Waals surface area contributed by atoms with Crippen LogP contribution in [0.3, 0.4) is 0 Å². The number of ketones is 1. The zero-order valence-electron chi connectivity index (χ0n) is 18.5. The van der Waals surface area contributed by atoms with Gasteiger partial charge in [-0.05, 0) is 55.4 Å². The fraction of sp³-hybridized carbons (Fsp3) is 0.941. The van der Waals surface area contributed by atoms with Crippen LogP contribution in [0.2, 0.25) is 0 Å². The lowest BCUT2D eigenvalue weighted by Crippen LogP contribution is -2.34. The van der Waals surface area contributed by atoms with Crippen LogP contribution in [0.4, 0.5) is 17.6 Å². The first kappa shape index (κ1) is 29.7. The molecule has 0 atom stereocenters. The molecule has 0 aromatic carbocycles. The predicted molar refractivity (Wildman–Crippen MR) is 104 cm³/mol. The van der Waals surface area contributed by atoms with Gasteiger partial charge in [0.15, 0.2) is 0 Å². The van der Waals surface area contributed by atoms with Crippen LogP contribution in [0, 0.1) is 0 Å². The van der Waals surface area contributed by atoms with Crippen LogP contribution < -0.4 is 0 Å². The number of halogens is 4. The summed E-state index contributed by atoms with van der Waals surface area (Å²) in [6.07, 6.45) is -6.85. The molecule has 30 heavy (non-hydrogen) atoms. The summed E-state index contributed by atoms with van der Waals surface area (Å²) in [5.74, 6) is -2.09. The van der Waals surface area contributed by atoms with E-state index in [1.807, 2.05) is 0 Å². The van der Waals surface area contributed by atoms with Crippen LogP contribution in [0.1, 0.15) is 68.2 Å². The molecule has 0 saturated heterocycles. The average Bonchev–Trinajstić information content (AvgIpc) is 2.48. The van der Waals surface area contributed by atoms with Gasteiger partial charge in [-0.3, -0.25) is 13.9 Å². The second kappa shape index (κ2) is 11.0. The van der Waals surface area contributed by atoms with Crippen molar-refractivity contribution >= 4 is 21.0 Å². The molecule has 0 N–H and O–H groups in total. The minimum absolute atomic E-state index is 0.920. The molecule has 0 amide bonds. The van der Waals surface area contributed by atoms with Crippen molar-refractivity contribution in [2.45, 2.75) is 104 Å². The summed E-state index contributed by atoms with van der Waals surface area (Å²) >= 11 is 0. The Hall–Kier alpha value is -0.310. The van der Waals surface area contributed by atoms with E-state index in [2.05, 4.69) is 0 Å². The van der Waals surface area contributed by atoms with Crippen molar-refractivity contribution in [3.8, 4) is 0 Å². The molecular weight excluding hydrogens is 454 g/mol. The first-order chi connectivity index (χ1) is 13.3. The molecule has 180 valence electrons. The molecule has 0 unspecified atom stereocenters. The number of hydrogen-bond donors (Lipinski definition) is 0. The van der Waals surface area contributed by atoms with E-state index in [1.165, 1.54) is 55.4 Å². The minimum atomic E-state index is -5.32. The van der Waals surface area contributed by atoms with E-state index in [0.29, 0.717) is 0 Å². The second-order valence-corrected chi connectivity index (χ2v) is 11.8.